The Kier molecular flexibility index (Phi) is 11.9. The van der Waals surface area contributed by atoms with E-state index in [2.05, 4.69) is 35.4 Å². The summed E-state index contributed by atoms with van der Waals surface area (Å²) in [5, 5.41) is 26.0. The number of carbonyl (C=O) groups is 2. The van der Waals surface area contributed by atoms with Gasteiger partial charge in [-0.15, -0.1) is 0 Å². The third-order valence-electron chi connectivity index (χ3n) is 9.32. The molecule has 1 amide bonds. The zero-order chi connectivity index (χ0) is 40.1. The predicted molar refractivity (Wildman–Crippen MR) is 208 cm³/mol. The van der Waals surface area contributed by atoms with Crippen LogP contribution in [0.3, 0.4) is 0 Å². The van der Waals surface area contributed by atoms with E-state index in [0.717, 1.165) is 50.1 Å². The Morgan fingerprint density at radius 1 is 0.964 bits per heavy atom. The van der Waals surface area contributed by atoms with Gasteiger partial charge in [0, 0.05) is 62.1 Å². The number of carboxylic acid groups (broad SMARTS) is 1. The molecule has 2 aromatic heterocycles. The number of benzene rings is 4. The third kappa shape index (κ3) is 8.60. The van der Waals surface area contributed by atoms with E-state index in [0.29, 0.717) is 27.5 Å². The van der Waals surface area contributed by atoms with Crippen LogP contribution in [0.2, 0.25) is 0 Å². The number of likely N-dealkylation sites (N-methyl/N-ethyl adjacent to an activating group) is 1. The Balaban J connectivity index is 0.000000317. The van der Waals surface area contributed by atoms with E-state index in [9.17, 15) is 27.5 Å². The van der Waals surface area contributed by atoms with Gasteiger partial charge in [0.05, 0.1) is 29.7 Å². The van der Waals surface area contributed by atoms with Gasteiger partial charge >= 0.3 is 5.97 Å². The fourth-order valence-electron chi connectivity index (χ4n) is 6.37. The van der Waals surface area contributed by atoms with E-state index in [-0.39, 0.29) is 41.2 Å². The normalized spacial score (nSPS) is 14.2. The molecule has 6 aromatic rings. The molecule has 1 aliphatic rings. The first-order chi connectivity index (χ1) is 26.8. The summed E-state index contributed by atoms with van der Waals surface area (Å²) in [6.45, 7) is 3.40. The van der Waals surface area contributed by atoms with Gasteiger partial charge in [-0.05, 0) is 36.7 Å². The molecule has 56 heavy (non-hydrogen) atoms. The monoisotopic (exact) mass is 787 g/mol. The second-order valence-corrected chi connectivity index (χ2v) is 15.1. The lowest BCUT2D eigenvalue weighted by Crippen LogP contribution is -2.54. The van der Waals surface area contributed by atoms with Crippen molar-refractivity contribution >= 4 is 60.7 Å². The van der Waals surface area contributed by atoms with Gasteiger partial charge in [0.1, 0.15) is 27.9 Å². The number of rotatable bonds is 10. The number of halogens is 2. The van der Waals surface area contributed by atoms with Crippen LogP contribution >= 0.6 is 0 Å². The van der Waals surface area contributed by atoms with E-state index in [1.807, 2.05) is 19.2 Å². The number of ether oxygens (including phenoxy) is 1. The Morgan fingerprint density at radius 2 is 1.66 bits per heavy atom. The molecule has 14 nitrogen and oxygen atoms in total. The number of carboxylic acids is 1. The van der Waals surface area contributed by atoms with Crippen LogP contribution in [-0.2, 0) is 19.4 Å². The van der Waals surface area contributed by atoms with Gasteiger partial charge in [-0.3, -0.25) is 9.69 Å². The standard InChI is InChI=1S/C28H31F2N7O4S.C11H8O3/c1-36-10-12-37(13-11-36)22(16-41-2)27(38)33-21-8-4-6-17-18(14-31-26(17)21)25-19(29)15-32-28(35-25)34-20-7-5-9-23(24(20)30)42(3,39)40;12-10-8-4-2-1-3-7(8)5-6-9(10)11(13)14/h4-9,14-15,22,31H,10-13,16H2,1-3H3,(H,33,38)(H,32,34,35);1-6,12H,(H,13,14)/t22-;/m1./s1. The number of carbonyl (C=O) groups excluding carboxylic acids is 1. The van der Waals surface area contributed by atoms with Crippen molar-refractivity contribution in [1.29, 1.82) is 0 Å². The molecule has 0 aliphatic carbocycles. The highest BCUT2D eigenvalue weighted by atomic mass is 32.2. The highest BCUT2D eigenvalue weighted by Crippen LogP contribution is 2.34. The van der Waals surface area contributed by atoms with Gasteiger partial charge in [-0.1, -0.05) is 48.5 Å². The number of methoxy groups -OCH3 is 1. The minimum absolute atomic E-state index is 0.0660. The number of piperazine rings is 1. The first-order valence-corrected chi connectivity index (χ1v) is 19.2. The van der Waals surface area contributed by atoms with Crippen LogP contribution in [0.4, 0.5) is 26.1 Å². The second-order valence-electron chi connectivity index (χ2n) is 13.1. The Labute approximate surface area is 320 Å². The molecule has 0 spiro atoms. The smallest absolute Gasteiger partial charge is 0.339 e. The summed E-state index contributed by atoms with van der Waals surface area (Å²) >= 11 is 0. The molecule has 0 radical (unpaired) electrons. The molecule has 4 aromatic carbocycles. The molecule has 0 saturated carbocycles. The van der Waals surface area contributed by atoms with E-state index in [4.69, 9.17) is 9.84 Å². The van der Waals surface area contributed by atoms with E-state index < -0.39 is 38.4 Å². The van der Waals surface area contributed by atoms with Gasteiger partial charge in [0.2, 0.25) is 11.9 Å². The number of nitrogens with zero attached hydrogens (tertiary/aromatic N) is 4. The average Bonchev–Trinajstić information content (AvgIpc) is 3.61. The summed E-state index contributed by atoms with van der Waals surface area (Å²) in [6, 6.07) is 18.8. The van der Waals surface area contributed by atoms with Gasteiger partial charge < -0.3 is 35.5 Å². The lowest BCUT2D eigenvalue weighted by atomic mass is 10.1. The number of H-pyrrole nitrogens is 1. The van der Waals surface area contributed by atoms with Crippen LogP contribution in [0.1, 0.15) is 10.4 Å². The minimum atomic E-state index is -3.81. The SMILES string of the molecule is COC[C@H](C(=O)Nc1cccc2c(-c3nc(Nc4cccc(S(C)(=O)=O)c4F)ncc3F)c[nH]c12)N1CCN(C)CC1.O=C(O)c1ccc2ccccc2c1O. The molecule has 0 bridgehead atoms. The number of para-hydroxylation sites is 1. The van der Waals surface area contributed by atoms with Crippen LogP contribution in [0.5, 0.6) is 5.75 Å². The molecule has 3 heterocycles. The minimum Gasteiger partial charge on any atom is -0.506 e. The summed E-state index contributed by atoms with van der Waals surface area (Å²) in [7, 11) is -0.213. The first kappa shape index (κ1) is 39.7. The molecule has 1 aliphatic heterocycles. The molecular formula is C39H39F2N7O7S. The molecule has 1 saturated heterocycles. The number of aromatic hydroxyl groups is 1. The second kappa shape index (κ2) is 16.8. The number of aromatic carboxylic acids is 1. The van der Waals surface area contributed by atoms with Crippen molar-refractivity contribution in [3.05, 3.63) is 102 Å². The van der Waals surface area contributed by atoms with Crippen LogP contribution in [0.25, 0.3) is 32.9 Å². The molecule has 17 heteroatoms. The summed E-state index contributed by atoms with van der Waals surface area (Å²) in [5.41, 5.74) is 1.15. The first-order valence-electron chi connectivity index (χ1n) is 17.3. The van der Waals surface area contributed by atoms with Crippen molar-refractivity contribution in [3.8, 4) is 17.0 Å². The van der Waals surface area contributed by atoms with Crippen molar-refractivity contribution in [3.63, 3.8) is 0 Å². The highest BCUT2D eigenvalue weighted by Gasteiger charge is 2.29. The fourth-order valence-corrected chi connectivity index (χ4v) is 7.13. The number of amides is 1. The quantitative estimate of drug-likeness (QED) is 0.118. The van der Waals surface area contributed by atoms with Crippen molar-refractivity contribution in [2.75, 3.05) is 63.8 Å². The summed E-state index contributed by atoms with van der Waals surface area (Å²) < 4.78 is 59.1. The molecule has 1 fully saturated rings. The number of fused-ring (bicyclic) bond motifs is 2. The predicted octanol–water partition coefficient (Wildman–Crippen LogP) is 5.49. The number of aromatic nitrogens is 3. The zero-order valence-electron chi connectivity index (χ0n) is 30.6. The molecule has 7 rings (SSSR count). The van der Waals surface area contributed by atoms with Crippen molar-refractivity contribution in [2.45, 2.75) is 10.9 Å². The number of hydrogen-bond donors (Lipinski definition) is 5. The Bertz CT molecular complexity index is 2530. The van der Waals surface area contributed by atoms with Gasteiger partial charge in [0.15, 0.2) is 21.5 Å². The maximum Gasteiger partial charge on any atom is 0.339 e. The average molecular weight is 788 g/mol. The van der Waals surface area contributed by atoms with Gasteiger partial charge in [0.25, 0.3) is 0 Å². The molecular weight excluding hydrogens is 749 g/mol. The van der Waals surface area contributed by atoms with Crippen molar-refractivity contribution in [2.24, 2.45) is 0 Å². The Hall–Kier alpha value is -6.01. The van der Waals surface area contributed by atoms with E-state index >= 15 is 4.39 Å². The number of nitrogens with one attached hydrogen (secondary N) is 3. The molecule has 0 unspecified atom stereocenters. The van der Waals surface area contributed by atoms with Crippen LogP contribution in [0.15, 0.2) is 90.1 Å². The van der Waals surface area contributed by atoms with Gasteiger partial charge in [-0.25, -0.2) is 32.0 Å². The zero-order valence-corrected chi connectivity index (χ0v) is 31.4. The maximum atomic E-state index is 15.0. The lowest BCUT2D eigenvalue weighted by molar-refractivity contribution is -0.124. The number of sulfone groups is 1. The number of hydrogen-bond acceptors (Lipinski definition) is 11. The number of anilines is 3. The Morgan fingerprint density at radius 3 is 2.38 bits per heavy atom. The topological polar surface area (TPSA) is 190 Å². The largest absolute Gasteiger partial charge is 0.506 e. The highest BCUT2D eigenvalue weighted by molar-refractivity contribution is 7.90. The molecule has 1 atom stereocenters. The fraction of sp³-hybridized carbons (Fsp3) is 0.231. The van der Waals surface area contributed by atoms with Crippen LogP contribution < -0.4 is 10.6 Å². The van der Waals surface area contributed by atoms with E-state index in [1.165, 1.54) is 18.2 Å². The van der Waals surface area contributed by atoms with Crippen LogP contribution in [-0.4, -0.2) is 115 Å². The van der Waals surface area contributed by atoms with Crippen molar-refractivity contribution in [1.82, 2.24) is 24.8 Å². The number of phenols is 1. The lowest BCUT2D eigenvalue weighted by Gasteiger charge is -2.36. The summed E-state index contributed by atoms with van der Waals surface area (Å²) in [6.07, 6.45) is 3.41. The third-order valence-corrected chi connectivity index (χ3v) is 10.4. The maximum absolute atomic E-state index is 15.0. The molecule has 292 valence electrons. The van der Waals surface area contributed by atoms with Crippen molar-refractivity contribution < 1.29 is 41.7 Å². The summed E-state index contributed by atoms with van der Waals surface area (Å²) in [4.78, 5) is 39.2. The summed E-state index contributed by atoms with van der Waals surface area (Å²) in [5.74, 6) is -3.36. The van der Waals surface area contributed by atoms with Crippen LogP contribution in [0, 0.1) is 11.6 Å². The van der Waals surface area contributed by atoms with Gasteiger partial charge in [-0.2, -0.15) is 0 Å². The van der Waals surface area contributed by atoms with E-state index in [1.54, 1.807) is 49.7 Å². The number of aromatic amines is 1. The molecule has 5 N–H and O–H groups in total.